The van der Waals surface area contributed by atoms with Gasteiger partial charge in [0.2, 0.25) is 0 Å². The van der Waals surface area contributed by atoms with Gasteiger partial charge in [-0.3, -0.25) is 4.79 Å². The van der Waals surface area contributed by atoms with E-state index in [0.29, 0.717) is 24.2 Å². The van der Waals surface area contributed by atoms with Crippen LogP contribution in [0.1, 0.15) is 55.1 Å². The average molecular weight is 502 g/mol. The van der Waals surface area contributed by atoms with E-state index < -0.39 is 17.6 Å². The first-order valence-electron chi connectivity index (χ1n) is 11.9. The van der Waals surface area contributed by atoms with Crippen molar-refractivity contribution in [2.45, 2.75) is 51.7 Å². The molecule has 184 valence electrons. The molecule has 2 aromatic rings. The molecule has 4 rings (SSSR count). The fraction of sp³-hybridized carbons (Fsp3) is 0.310. The lowest BCUT2D eigenvalue weighted by Crippen LogP contribution is -2.45. The van der Waals surface area contributed by atoms with Crippen LogP contribution in [0.2, 0.25) is 0 Å². The van der Waals surface area contributed by atoms with Crippen LogP contribution in [-0.4, -0.2) is 38.4 Å². The van der Waals surface area contributed by atoms with E-state index in [2.05, 4.69) is 11.8 Å². The standard InChI is InChI=1S/C29H29N2O4S/c1-20(23-13-15-24(16-14-23)28(33)35-29(2,3)4)26-27(32)25-19-22(17-18-30(25)36-31(26)34)12-8-11-21-9-6-5-7-10-21/h5-7,9-10,13-17,19-20,26H,11,18H2,1-4H3/q+1. The third-order valence-electron chi connectivity index (χ3n) is 5.88. The molecule has 1 saturated heterocycles. The van der Waals surface area contributed by atoms with Gasteiger partial charge in [-0.05, 0) is 56.2 Å². The Morgan fingerprint density at radius 2 is 1.86 bits per heavy atom. The summed E-state index contributed by atoms with van der Waals surface area (Å²) in [5.41, 5.74) is 3.03. The predicted octanol–water partition coefficient (Wildman–Crippen LogP) is 5.41. The number of ether oxygens (including phenoxy) is 1. The van der Waals surface area contributed by atoms with Gasteiger partial charge in [0.05, 0.1) is 18.0 Å². The lowest BCUT2D eigenvalue weighted by Gasteiger charge is -2.29. The number of esters is 1. The number of nitrogens with zero attached hydrogens (tertiary/aromatic N) is 2. The Hall–Kier alpha value is -3.63. The largest absolute Gasteiger partial charge is 0.456 e. The van der Waals surface area contributed by atoms with Crippen molar-refractivity contribution in [2.75, 3.05) is 6.54 Å². The molecule has 0 radical (unpaired) electrons. The molecule has 2 aliphatic heterocycles. The molecule has 0 aromatic heterocycles. The van der Waals surface area contributed by atoms with Crippen molar-refractivity contribution in [1.29, 1.82) is 0 Å². The van der Waals surface area contributed by atoms with Gasteiger partial charge >= 0.3 is 18.1 Å². The molecule has 7 heteroatoms. The third kappa shape index (κ3) is 5.95. The minimum absolute atomic E-state index is 0.233. The highest BCUT2D eigenvalue weighted by Gasteiger charge is 2.50. The number of ketones is 1. The van der Waals surface area contributed by atoms with Gasteiger partial charge < -0.3 is 4.74 Å². The van der Waals surface area contributed by atoms with Crippen LogP contribution in [-0.2, 0) is 16.0 Å². The molecule has 6 nitrogen and oxygen atoms in total. The Balaban J connectivity index is 1.49. The van der Waals surface area contributed by atoms with Crippen LogP contribution in [0, 0.1) is 16.7 Å². The first-order valence-corrected chi connectivity index (χ1v) is 12.6. The molecule has 0 N–H and O–H groups in total. The maximum absolute atomic E-state index is 13.4. The first-order chi connectivity index (χ1) is 17.1. The summed E-state index contributed by atoms with van der Waals surface area (Å²) in [6.45, 7) is 7.73. The number of benzene rings is 2. The quantitative estimate of drug-likeness (QED) is 0.242. The lowest BCUT2D eigenvalue weighted by molar-refractivity contribution is -0.416. The second kappa shape index (κ2) is 10.5. The van der Waals surface area contributed by atoms with Crippen molar-refractivity contribution in [1.82, 2.24) is 4.31 Å². The molecular formula is C29H29N2O4S+. The second-order valence-electron chi connectivity index (χ2n) is 9.80. The van der Waals surface area contributed by atoms with Gasteiger partial charge in [-0.2, -0.15) is 0 Å². The van der Waals surface area contributed by atoms with Gasteiger partial charge in [-0.15, -0.1) is 0 Å². The number of Topliss-reactive ketones (excluding diaryl/α,β-unsaturated/α-hetero) is 1. The fourth-order valence-corrected chi connectivity index (χ4v) is 4.95. The molecule has 0 spiro atoms. The molecule has 2 aliphatic rings. The molecule has 0 saturated carbocycles. The average Bonchev–Trinajstić information content (AvgIpc) is 2.84. The topological polar surface area (TPSA) is 66.7 Å². The lowest BCUT2D eigenvalue weighted by atomic mass is 9.88. The van der Waals surface area contributed by atoms with Gasteiger partial charge in [0.15, 0.2) is 0 Å². The predicted molar refractivity (Wildman–Crippen MR) is 141 cm³/mol. The van der Waals surface area contributed by atoms with Crippen molar-refractivity contribution >= 4 is 23.9 Å². The molecule has 2 atom stereocenters. The van der Waals surface area contributed by atoms with Gasteiger partial charge in [0.1, 0.15) is 15.5 Å². The summed E-state index contributed by atoms with van der Waals surface area (Å²) >= 11 is 0.997. The smallest absolute Gasteiger partial charge is 0.342 e. The van der Waals surface area contributed by atoms with Crippen LogP contribution in [0.5, 0.6) is 0 Å². The summed E-state index contributed by atoms with van der Waals surface area (Å²) in [5.74, 6) is 5.30. The van der Waals surface area contributed by atoms with E-state index >= 15 is 0 Å². The zero-order chi connectivity index (χ0) is 25.9. The zero-order valence-electron chi connectivity index (χ0n) is 20.9. The zero-order valence-corrected chi connectivity index (χ0v) is 21.7. The van der Waals surface area contributed by atoms with E-state index in [4.69, 9.17) is 4.74 Å². The molecular weight excluding hydrogens is 472 g/mol. The van der Waals surface area contributed by atoms with E-state index in [1.165, 1.54) is 0 Å². The summed E-state index contributed by atoms with van der Waals surface area (Å²) in [5, 5.41) is 0. The van der Waals surface area contributed by atoms with Crippen LogP contribution in [0.3, 0.4) is 0 Å². The van der Waals surface area contributed by atoms with Crippen LogP contribution in [0.25, 0.3) is 0 Å². The number of fused-ring (bicyclic) bond motifs is 1. The van der Waals surface area contributed by atoms with Crippen LogP contribution in [0.15, 0.2) is 78.0 Å². The molecule has 0 bridgehead atoms. The first kappa shape index (κ1) is 25.5. The molecule has 0 amide bonds. The van der Waals surface area contributed by atoms with Gasteiger partial charge in [-0.1, -0.05) is 61.2 Å². The maximum atomic E-state index is 13.4. The van der Waals surface area contributed by atoms with Gasteiger partial charge in [0, 0.05) is 16.9 Å². The molecule has 0 aliphatic carbocycles. The Morgan fingerprint density at radius 3 is 2.53 bits per heavy atom. The highest BCUT2D eigenvalue weighted by Crippen LogP contribution is 2.37. The van der Waals surface area contributed by atoms with Crippen LogP contribution < -0.4 is 0 Å². The molecule has 1 fully saturated rings. The van der Waals surface area contributed by atoms with Crippen molar-refractivity contribution in [3.05, 3.63) is 99.6 Å². The number of nitroso groups, excluding NO2 is 1. The van der Waals surface area contributed by atoms with Crippen LogP contribution in [0.4, 0.5) is 0 Å². The number of hydrogen-bond donors (Lipinski definition) is 0. The Kier molecular flexibility index (Phi) is 7.46. The van der Waals surface area contributed by atoms with E-state index in [1.54, 1.807) is 34.6 Å². The van der Waals surface area contributed by atoms with Crippen molar-refractivity contribution < 1.29 is 18.5 Å². The summed E-state index contributed by atoms with van der Waals surface area (Å²) < 4.78 is 7.88. The monoisotopic (exact) mass is 501 g/mol. The molecule has 36 heavy (non-hydrogen) atoms. The Bertz CT molecular complexity index is 1290. The van der Waals surface area contributed by atoms with E-state index in [0.717, 1.165) is 33.0 Å². The summed E-state index contributed by atoms with van der Waals surface area (Å²) in [4.78, 5) is 38.7. The molecule has 2 aromatic carbocycles. The van der Waals surface area contributed by atoms with E-state index in [1.807, 2.05) is 64.1 Å². The van der Waals surface area contributed by atoms with Crippen molar-refractivity contribution in [3.63, 3.8) is 0 Å². The summed E-state index contributed by atoms with van der Waals surface area (Å²) in [6.07, 6.45) is 4.32. The highest BCUT2D eigenvalue weighted by atomic mass is 32.2. The third-order valence-corrected chi connectivity index (χ3v) is 6.81. The number of rotatable bonds is 4. The second-order valence-corrected chi connectivity index (χ2v) is 10.8. The van der Waals surface area contributed by atoms with Crippen LogP contribution >= 0.6 is 12.1 Å². The Morgan fingerprint density at radius 1 is 1.17 bits per heavy atom. The number of carbonyl (C=O) groups excluding carboxylic acids is 2. The Labute approximate surface area is 216 Å². The van der Waals surface area contributed by atoms with Gasteiger partial charge in [0.25, 0.3) is 11.8 Å². The van der Waals surface area contributed by atoms with E-state index in [9.17, 15) is 14.5 Å². The normalized spacial score (nSPS) is 18.3. The number of hydrogen-bond acceptors (Lipinski definition) is 6. The van der Waals surface area contributed by atoms with Crippen molar-refractivity contribution in [2.24, 2.45) is 0 Å². The number of allylic oxidation sites excluding steroid dienone is 2. The number of carbonyl (C=O) groups is 2. The fourth-order valence-electron chi connectivity index (χ4n) is 4.01. The summed E-state index contributed by atoms with van der Waals surface area (Å²) in [6, 6.07) is 16.0. The SMILES string of the molecule is CC(c1ccc(C(=O)OC(C)(C)C)cc1)C1C(=O)C2=CC(C#CCc3ccccc3)=CCN2S[N+]1=O. The van der Waals surface area contributed by atoms with Crippen molar-refractivity contribution in [3.8, 4) is 11.8 Å². The minimum atomic E-state index is -0.887. The van der Waals surface area contributed by atoms with Gasteiger partial charge in [-0.25, -0.2) is 9.10 Å². The van der Waals surface area contributed by atoms with E-state index in [-0.39, 0.29) is 11.7 Å². The molecule has 2 heterocycles. The molecule has 2 unspecified atom stereocenters. The highest BCUT2D eigenvalue weighted by molar-refractivity contribution is 7.91. The maximum Gasteiger partial charge on any atom is 0.342 e. The summed E-state index contributed by atoms with van der Waals surface area (Å²) in [7, 11) is 0. The minimum Gasteiger partial charge on any atom is -0.456 e.